The predicted octanol–water partition coefficient (Wildman–Crippen LogP) is 5.93. The first-order chi connectivity index (χ1) is 21.8. The van der Waals surface area contributed by atoms with E-state index in [2.05, 4.69) is 10.6 Å². The van der Waals surface area contributed by atoms with Crippen LogP contribution < -0.4 is 25.0 Å². The zero-order valence-electron chi connectivity index (χ0n) is 24.7. The van der Waals surface area contributed by atoms with Crippen LogP contribution in [0.4, 0.5) is 11.4 Å². The molecule has 0 bridgehead atoms. The largest absolute Gasteiger partial charge is 0.497 e. The lowest BCUT2D eigenvalue weighted by molar-refractivity contribution is -0.121. The minimum atomic E-state index is -0.574. The Kier molecular flexibility index (Phi) is 9.96. The SMILES string of the molecule is CCOc1ccc(N2C(=O)CC(Sc3ccc(NC(=O)/C(=C/c4cccc(OC)c4)NC(=O)c4ccccc4)cc3)C2=O)cc1. The maximum Gasteiger partial charge on any atom is 0.272 e. The summed E-state index contributed by atoms with van der Waals surface area (Å²) in [5.74, 6) is -0.228. The van der Waals surface area contributed by atoms with Gasteiger partial charge < -0.3 is 20.1 Å². The van der Waals surface area contributed by atoms with E-state index >= 15 is 0 Å². The van der Waals surface area contributed by atoms with Crippen LogP contribution in [0.3, 0.4) is 0 Å². The van der Waals surface area contributed by atoms with Gasteiger partial charge in [-0.15, -0.1) is 11.8 Å². The highest BCUT2D eigenvalue weighted by atomic mass is 32.2. The number of benzene rings is 4. The molecule has 1 aliphatic rings. The second-order valence-electron chi connectivity index (χ2n) is 9.94. The molecule has 0 aliphatic carbocycles. The quantitative estimate of drug-likeness (QED) is 0.158. The van der Waals surface area contributed by atoms with Crippen LogP contribution in [0.15, 0.2) is 114 Å². The fraction of sp³-hybridized carbons (Fsp3) is 0.143. The smallest absolute Gasteiger partial charge is 0.272 e. The molecule has 1 atom stereocenters. The number of nitrogens with zero attached hydrogens (tertiary/aromatic N) is 1. The number of nitrogens with one attached hydrogen (secondary N) is 2. The molecule has 2 N–H and O–H groups in total. The van der Waals surface area contributed by atoms with Crippen molar-refractivity contribution >= 4 is 52.8 Å². The van der Waals surface area contributed by atoms with Gasteiger partial charge in [-0.05, 0) is 91.4 Å². The third kappa shape index (κ3) is 7.79. The number of rotatable bonds is 11. The molecule has 1 heterocycles. The fourth-order valence-corrected chi connectivity index (χ4v) is 5.70. The molecule has 45 heavy (non-hydrogen) atoms. The number of carbonyl (C=O) groups is 4. The van der Waals surface area contributed by atoms with Gasteiger partial charge in [0.05, 0.1) is 24.7 Å². The van der Waals surface area contributed by atoms with Gasteiger partial charge >= 0.3 is 0 Å². The molecule has 1 fully saturated rings. The molecule has 1 unspecified atom stereocenters. The fourth-order valence-electron chi connectivity index (χ4n) is 4.65. The number of methoxy groups -OCH3 is 1. The number of hydrogen-bond acceptors (Lipinski definition) is 7. The van der Waals surface area contributed by atoms with Crippen LogP contribution in [0.5, 0.6) is 11.5 Å². The van der Waals surface area contributed by atoms with Crippen LogP contribution in [-0.2, 0) is 14.4 Å². The molecule has 228 valence electrons. The Morgan fingerprint density at radius 2 is 1.64 bits per heavy atom. The molecule has 9 nitrogen and oxygen atoms in total. The Morgan fingerprint density at radius 3 is 2.33 bits per heavy atom. The van der Waals surface area contributed by atoms with Gasteiger partial charge in [-0.25, -0.2) is 4.90 Å². The maximum atomic E-state index is 13.4. The first-order valence-electron chi connectivity index (χ1n) is 14.2. The van der Waals surface area contributed by atoms with Crippen molar-refractivity contribution in [2.75, 3.05) is 23.9 Å². The Morgan fingerprint density at radius 1 is 0.911 bits per heavy atom. The van der Waals surface area contributed by atoms with Crippen molar-refractivity contribution in [1.82, 2.24) is 5.32 Å². The zero-order valence-corrected chi connectivity index (χ0v) is 25.5. The van der Waals surface area contributed by atoms with E-state index in [0.29, 0.717) is 40.6 Å². The van der Waals surface area contributed by atoms with Crippen LogP contribution in [0.25, 0.3) is 6.08 Å². The summed E-state index contributed by atoms with van der Waals surface area (Å²) in [6.45, 7) is 2.41. The zero-order chi connectivity index (χ0) is 31.8. The Bertz CT molecular complexity index is 1720. The number of carbonyl (C=O) groups excluding carboxylic acids is 4. The average molecular weight is 622 g/mol. The highest BCUT2D eigenvalue weighted by Crippen LogP contribution is 2.35. The van der Waals surface area contributed by atoms with Gasteiger partial charge in [0.1, 0.15) is 17.2 Å². The van der Waals surface area contributed by atoms with Crippen molar-refractivity contribution in [2.45, 2.75) is 23.5 Å². The predicted molar refractivity (Wildman–Crippen MR) is 174 cm³/mol. The van der Waals surface area contributed by atoms with Crippen molar-refractivity contribution in [3.63, 3.8) is 0 Å². The molecular formula is C35H31N3O6S. The third-order valence-corrected chi connectivity index (χ3v) is 8.03. The second-order valence-corrected chi connectivity index (χ2v) is 11.2. The summed E-state index contributed by atoms with van der Waals surface area (Å²) in [4.78, 5) is 54.2. The van der Waals surface area contributed by atoms with E-state index in [1.165, 1.54) is 16.7 Å². The summed E-state index contributed by atoms with van der Waals surface area (Å²) in [5, 5.41) is 4.97. The van der Waals surface area contributed by atoms with Crippen LogP contribution in [0.1, 0.15) is 29.3 Å². The average Bonchev–Trinajstić information content (AvgIpc) is 3.34. The Hall–Kier alpha value is -5.35. The van der Waals surface area contributed by atoms with Crippen LogP contribution in [0.2, 0.25) is 0 Å². The Balaban J connectivity index is 1.27. The van der Waals surface area contributed by atoms with Crippen LogP contribution >= 0.6 is 11.8 Å². The molecular weight excluding hydrogens is 590 g/mol. The van der Waals surface area contributed by atoms with Gasteiger partial charge in [0.2, 0.25) is 11.8 Å². The minimum absolute atomic E-state index is 0.0417. The second kappa shape index (κ2) is 14.4. The summed E-state index contributed by atoms with van der Waals surface area (Å²) >= 11 is 1.29. The van der Waals surface area contributed by atoms with E-state index in [1.807, 2.05) is 6.92 Å². The van der Waals surface area contributed by atoms with Gasteiger partial charge in [-0.1, -0.05) is 30.3 Å². The number of anilines is 2. The van der Waals surface area contributed by atoms with Crippen molar-refractivity contribution in [3.8, 4) is 11.5 Å². The van der Waals surface area contributed by atoms with E-state index < -0.39 is 17.1 Å². The molecule has 4 aromatic rings. The van der Waals surface area contributed by atoms with E-state index in [4.69, 9.17) is 9.47 Å². The molecule has 1 aliphatic heterocycles. The maximum absolute atomic E-state index is 13.4. The minimum Gasteiger partial charge on any atom is -0.497 e. The van der Waals surface area contributed by atoms with Gasteiger partial charge in [-0.2, -0.15) is 0 Å². The van der Waals surface area contributed by atoms with E-state index in [0.717, 1.165) is 4.90 Å². The van der Waals surface area contributed by atoms with E-state index in [-0.39, 0.29) is 23.9 Å². The summed E-state index contributed by atoms with van der Waals surface area (Å²) in [5.41, 5.74) is 2.10. The van der Waals surface area contributed by atoms with Gasteiger partial charge in [0, 0.05) is 22.6 Å². The highest BCUT2D eigenvalue weighted by Gasteiger charge is 2.40. The molecule has 5 rings (SSSR count). The van der Waals surface area contributed by atoms with Gasteiger partial charge in [-0.3, -0.25) is 19.2 Å². The number of thioether (sulfide) groups is 1. The van der Waals surface area contributed by atoms with Gasteiger partial charge in [0.15, 0.2) is 0 Å². The molecule has 4 aromatic carbocycles. The lowest BCUT2D eigenvalue weighted by atomic mass is 10.1. The van der Waals surface area contributed by atoms with Crippen molar-refractivity contribution in [1.29, 1.82) is 0 Å². The van der Waals surface area contributed by atoms with Crippen molar-refractivity contribution in [2.24, 2.45) is 0 Å². The monoisotopic (exact) mass is 621 g/mol. The first kappa shape index (κ1) is 31.1. The number of amides is 4. The molecule has 10 heteroatoms. The van der Waals surface area contributed by atoms with E-state index in [9.17, 15) is 19.2 Å². The number of ether oxygens (including phenoxy) is 2. The van der Waals surface area contributed by atoms with Crippen molar-refractivity contribution < 1.29 is 28.7 Å². The van der Waals surface area contributed by atoms with Crippen LogP contribution in [-0.4, -0.2) is 42.6 Å². The van der Waals surface area contributed by atoms with Crippen molar-refractivity contribution in [3.05, 3.63) is 120 Å². The lowest BCUT2D eigenvalue weighted by Gasteiger charge is -2.15. The summed E-state index contributed by atoms with van der Waals surface area (Å²) < 4.78 is 10.7. The summed E-state index contributed by atoms with van der Waals surface area (Å²) in [6.07, 6.45) is 1.65. The highest BCUT2D eigenvalue weighted by molar-refractivity contribution is 8.00. The normalized spacial score (nSPS) is 14.7. The van der Waals surface area contributed by atoms with Gasteiger partial charge in [0.25, 0.3) is 11.8 Å². The first-order valence-corrected chi connectivity index (χ1v) is 15.1. The molecule has 0 aromatic heterocycles. The van der Waals surface area contributed by atoms with Crippen LogP contribution in [0, 0.1) is 0 Å². The molecule has 1 saturated heterocycles. The summed E-state index contributed by atoms with van der Waals surface area (Å²) in [7, 11) is 1.55. The lowest BCUT2D eigenvalue weighted by Crippen LogP contribution is -2.31. The topological polar surface area (TPSA) is 114 Å². The molecule has 0 radical (unpaired) electrons. The number of hydrogen-bond donors (Lipinski definition) is 2. The standard InChI is InChI=1S/C35H31N3O6S/c1-3-44-27-16-14-26(15-17-27)38-32(39)22-31(35(38)42)45-29-18-12-25(13-19-29)36-34(41)30(21-23-8-7-11-28(20-23)43-2)37-33(40)24-9-5-4-6-10-24/h4-21,31H,3,22H2,1-2H3,(H,36,41)(H,37,40)/b30-21-. The third-order valence-electron chi connectivity index (χ3n) is 6.84. The molecule has 0 spiro atoms. The number of imide groups is 1. The summed E-state index contributed by atoms with van der Waals surface area (Å²) in [6, 6.07) is 29.5. The van der Waals surface area contributed by atoms with E-state index in [1.54, 1.807) is 116 Å². The Labute approximate surface area is 265 Å². The molecule has 4 amide bonds. The molecule has 0 saturated carbocycles.